The van der Waals surface area contributed by atoms with Crippen LogP contribution in [0, 0.1) is 0 Å². The molecule has 0 atom stereocenters. The zero-order chi connectivity index (χ0) is 20.9. The first-order valence-corrected chi connectivity index (χ1v) is 10.6. The molecule has 0 bridgehead atoms. The maximum absolute atomic E-state index is 12.9. The zero-order valence-corrected chi connectivity index (χ0v) is 17.5. The van der Waals surface area contributed by atoms with Gasteiger partial charge >= 0.3 is 0 Å². The Balaban J connectivity index is 1.53. The van der Waals surface area contributed by atoms with Gasteiger partial charge in [0.1, 0.15) is 12.4 Å². The average molecular weight is 436 g/mol. The monoisotopic (exact) mass is 435 g/mol. The largest absolute Gasteiger partial charge is 0.488 e. The predicted octanol–water partition coefficient (Wildman–Crippen LogP) is 6.16. The van der Waals surface area contributed by atoms with Gasteiger partial charge in [-0.2, -0.15) is 0 Å². The Bertz CT molecular complexity index is 1110. The standard InChI is InChI=1S/C24H18ClNO3S/c25-20-12-6-4-11-19(20)15-26-23(27)22(30-24(26)28)14-18-10-5-7-13-21(18)29-16-17-8-2-1-3-9-17/h1-14H,15-16H2/b22-14-. The summed E-state index contributed by atoms with van der Waals surface area (Å²) in [6, 6.07) is 24.5. The summed E-state index contributed by atoms with van der Waals surface area (Å²) in [5.74, 6) is 0.321. The molecule has 3 aromatic rings. The molecule has 4 rings (SSSR count). The number of para-hydroxylation sites is 1. The van der Waals surface area contributed by atoms with Crippen LogP contribution in [-0.4, -0.2) is 16.0 Å². The van der Waals surface area contributed by atoms with Crippen molar-refractivity contribution in [1.29, 1.82) is 0 Å². The van der Waals surface area contributed by atoms with Crippen molar-refractivity contribution in [1.82, 2.24) is 4.90 Å². The Morgan fingerprint density at radius 3 is 2.40 bits per heavy atom. The number of carbonyl (C=O) groups is 2. The van der Waals surface area contributed by atoms with Crippen molar-refractivity contribution < 1.29 is 14.3 Å². The fourth-order valence-electron chi connectivity index (χ4n) is 3.04. The Hall–Kier alpha value is -3.02. The van der Waals surface area contributed by atoms with Gasteiger partial charge in [-0.3, -0.25) is 14.5 Å². The van der Waals surface area contributed by atoms with E-state index in [0.717, 1.165) is 28.5 Å². The molecule has 4 nitrogen and oxygen atoms in total. The summed E-state index contributed by atoms with van der Waals surface area (Å²) in [4.78, 5) is 26.9. The van der Waals surface area contributed by atoms with E-state index in [1.165, 1.54) is 4.90 Å². The molecule has 1 heterocycles. The minimum atomic E-state index is -0.331. The van der Waals surface area contributed by atoms with Crippen molar-refractivity contribution in [3.63, 3.8) is 0 Å². The van der Waals surface area contributed by atoms with Crippen LogP contribution in [0.1, 0.15) is 16.7 Å². The normalized spacial score (nSPS) is 15.1. The van der Waals surface area contributed by atoms with Gasteiger partial charge in [0, 0.05) is 10.6 Å². The Labute approximate surface area is 184 Å². The Morgan fingerprint density at radius 1 is 0.900 bits per heavy atom. The van der Waals surface area contributed by atoms with Crippen LogP contribution in [0.25, 0.3) is 6.08 Å². The van der Waals surface area contributed by atoms with Crippen LogP contribution >= 0.6 is 23.4 Å². The molecule has 0 aromatic heterocycles. The summed E-state index contributed by atoms with van der Waals surface area (Å²) >= 11 is 7.11. The summed E-state index contributed by atoms with van der Waals surface area (Å²) in [5.41, 5.74) is 2.53. The lowest BCUT2D eigenvalue weighted by Crippen LogP contribution is -2.27. The van der Waals surface area contributed by atoms with Crippen LogP contribution in [0.5, 0.6) is 5.75 Å². The highest BCUT2D eigenvalue weighted by Crippen LogP contribution is 2.35. The number of nitrogens with zero attached hydrogens (tertiary/aromatic N) is 1. The summed E-state index contributed by atoms with van der Waals surface area (Å²) < 4.78 is 5.95. The molecular formula is C24H18ClNO3S. The fourth-order valence-corrected chi connectivity index (χ4v) is 4.07. The Kier molecular flexibility index (Phi) is 6.21. The molecule has 1 aliphatic rings. The third kappa shape index (κ3) is 4.58. The van der Waals surface area contributed by atoms with Gasteiger partial charge in [0.25, 0.3) is 11.1 Å². The van der Waals surface area contributed by atoms with E-state index >= 15 is 0 Å². The van der Waals surface area contributed by atoms with Gasteiger partial charge in [0.2, 0.25) is 0 Å². The highest BCUT2D eigenvalue weighted by atomic mass is 35.5. The van der Waals surface area contributed by atoms with Crippen molar-refractivity contribution in [2.45, 2.75) is 13.2 Å². The molecule has 6 heteroatoms. The van der Waals surface area contributed by atoms with E-state index in [4.69, 9.17) is 16.3 Å². The second-order valence-electron chi connectivity index (χ2n) is 6.67. The van der Waals surface area contributed by atoms with Gasteiger partial charge in [-0.15, -0.1) is 0 Å². The SMILES string of the molecule is O=C1S/C(=C\c2ccccc2OCc2ccccc2)C(=O)N1Cc1ccccc1Cl. The predicted molar refractivity (Wildman–Crippen MR) is 120 cm³/mol. The molecule has 150 valence electrons. The minimum Gasteiger partial charge on any atom is -0.488 e. The average Bonchev–Trinajstić information content (AvgIpc) is 3.03. The number of ether oxygens (including phenoxy) is 1. The highest BCUT2D eigenvalue weighted by molar-refractivity contribution is 8.18. The third-order valence-electron chi connectivity index (χ3n) is 4.60. The molecule has 3 aromatic carbocycles. The summed E-state index contributed by atoms with van der Waals surface area (Å²) in [6.07, 6.45) is 1.71. The molecule has 0 unspecified atom stereocenters. The van der Waals surface area contributed by atoms with Crippen LogP contribution in [-0.2, 0) is 17.9 Å². The molecule has 1 saturated heterocycles. The van der Waals surface area contributed by atoms with Crippen LogP contribution in [0.2, 0.25) is 5.02 Å². The zero-order valence-electron chi connectivity index (χ0n) is 16.0. The molecule has 0 radical (unpaired) electrons. The van der Waals surface area contributed by atoms with Crippen molar-refractivity contribution >= 4 is 40.6 Å². The lowest BCUT2D eigenvalue weighted by atomic mass is 10.1. The van der Waals surface area contributed by atoms with Gasteiger partial charge < -0.3 is 4.74 Å². The van der Waals surface area contributed by atoms with Gasteiger partial charge in [0.05, 0.1) is 11.4 Å². The molecular weight excluding hydrogens is 418 g/mol. The summed E-state index contributed by atoms with van der Waals surface area (Å²) in [5, 5.41) is 0.217. The molecule has 2 amide bonds. The first-order valence-electron chi connectivity index (χ1n) is 9.36. The number of rotatable bonds is 6. The van der Waals surface area contributed by atoms with E-state index < -0.39 is 0 Å². The van der Waals surface area contributed by atoms with Crippen LogP contribution in [0.3, 0.4) is 0 Å². The van der Waals surface area contributed by atoms with Crippen molar-refractivity contribution in [2.75, 3.05) is 0 Å². The van der Waals surface area contributed by atoms with E-state index in [0.29, 0.717) is 22.3 Å². The van der Waals surface area contributed by atoms with E-state index in [1.807, 2.05) is 72.8 Å². The smallest absolute Gasteiger partial charge is 0.293 e. The number of amides is 2. The molecule has 1 fully saturated rings. The van der Waals surface area contributed by atoms with E-state index in [1.54, 1.807) is 12.1 Å². The van der Waals surface area contributed by atoms with Gasteiger partial charge in [-0.25, -0.2) is 0 Å². The number of hydrogen-bond acceptors (Lipinski definition) is 4. The first-order chi connectivity index (χ1) is 14.6. The third-order valence-corrected chi connectivity index (χ3v) is 5.88. The summed E-state index contributed by atoms with van der Waals surface area (Å²) in [6.45, 7) is 0.563. The minimum absolute atomic E-state index is 0.147. The molecule has 1 aliphatic heterocycles. The maximum atomic E-state index is 12.9. The second kappa shape index (κ2) is 9.20. The summed E-state index contributed by atoms with van der Waals surface area (Å²) in [7, 11) is 0. The van der Waals surface area contributed by atoms with E-state index in [2.05, 4.69) is 0 Å². The molecule has 0 N–H and O–H groups in total. The number of carbonyl (C=O) groups excluding carboxylic acids is 2. The number of imide groups is 1. The van der Waals surface area contributed by atoms with Gasteiger partial charge in [0.15, 0.2) is 0 Å². The molecule has 0 saturated carbocycles. The Morgan fingerprint density at radius 2 is 1.60 bits per heavy atom. The van der Waals surface area contributed by atoms with Crippen molar-refractivity contribution in [2.24, 2.45) is 0 Å². The van der Waals surface area contributed by atoms with E-state index in [9.17, 15) is 9.59 Å². The maximum Gasteiger partial charge on any atom is 0.293 e. The van der Waals surface area contributed by atoms with Crippen molar-refractivity contribution in [3.8, 4) is 5.75 Å². The molecule has 30 heavy (non-hydrogen) atoms. The van der Waals surface area contributed by atoms with Crippen LogP contribution in [0.15, 0.2) is 83.8 Å². The van der Waals surface area contributed by atoms with Gasteiger partial charge in [-0.05, 0) is 41.1 Å². The number of benzene rings is 3. The van der Waals surface area contributed by atoms with E-state index in [-0.39, 0.29) is 17.7 Å². The number of thioether (sulfide) groups is 1. The van der Waals surface area contributed by atoms with Gasteiger partial charge in [-0.1, -0.05) is 78.3 Å². The molecule has 0 aliphatic carbocycles. The van der Waals surface area contributed by atoms with Crippen molar-refractivity contribution in [3.05, 3.63) is 105 Å². The number of hydrogen-bond donors (Lipinski definition) is 0. The first kappa shape index (κ1) is 20.3. The highest BCUT2D eigenvalue weighted by Gasteiger charge is 2.35. The second-order valence-corrected chi connectivity index (χ2v) is 8.07. The topological polar surface area (TPSA) is 46.6 Å². The number of halogens is 1. The quantitative estimate of drug-likeness (QED) is 0.435. The van der Waals surface area contributed by atoms with Crippen LogP contribution in [0.4, 0.5) is 4.79 Å². The lowest BCUT2D eigenvalue weighted by molar-refractivity contribution is -0.123. The molecule has 0 spiro atoms. The lowest BCUT2D eigenvalue weighted by Gasteiger charge is -2.13. The fraction of sp³-hybridized carbons (Fsp3) is 0.0833. The van der Waals surface area contributed by atoms with Crippen LogP contribution < -0.4 is 4.74 Å².